The molecule has 3 atom stereocenters. The molecule has 1 aliphatic carbocycles. The van der Waals surface area contributed by atoms with E-state index in [2.05, 4.69) is 31.6 Å². The highest BCUT2D eigenvalue weighted by Gasteiger charge is 2.34. The third-order valence-corrected chi connectivity index (χ3v) is 8.02. The molecule has 1 aromatic rings. The number of benzene rings is 1. The molecule has 1 aromatic carbocycles. The molecule has 6 heteroatoms. The molecule has 166 valence electrons. The van der Waals surface area contributed by atoms with Crippen molar-refractivity contribution in [3.05, 3.63) is 47.5 Å². The molecule has 0 aromatic heterocycles. The molecular weight excluding hydrogens is 396 g/mol. The summed E-state index contributed by atoms with van der Waals surface area (Å²) in [4.78, 5) is 14.7. The van der Waals surface area contributed by atoms with Crippen molar-refractivity contribution in [3.8, 4) is 0 Å². The molecule has 3 rings (SSSR count). The number of amides is 1. The van der Waals surface area contributed by atoms with Gasteiger partial charge in [0, 0.05) is 26.1 Å². The van der Waals surface area contributed by atoms with E-state index in [0.717, 1.165) is 37.9 Å². The first-order chi connectivity index (χ1) is 14.2. The lowest BCUT2D eigenvalue weighted by Crippen LogP contribution is -2.38. The molecule has 0 bridgehead atoms. The number of hydrogen-bond donors (Lipinski definition) is 1. The summed E-state index contributed by atoms with van der Waals surface area (Å²) >= 11 is 0. The number of carbonyl (C=O) groups is 1. The minimum absolute atomic E-state index is 0.00254. The van der Waals surface area contributed by atoms with E-state index in [0.29, 0.717) is 24.8 Å². The van der Waals surface area contributed by atoms with Crippen LogP contribution in [0.25, 0.3) is 0 Å². The Morgan fingerprint density at radius 2 is 1.83 bits per heavy atom. The number of allylic oxidation sites excluding steroid dienone is 1. The number of nitrogens with zero attached hydrogens (tertiary/aromatic N) is 1. The maximum absolute atomic E-state index is 12.7. The summed E-state index contributed by atoms with van der Waals surface area (Å²) in [6.45, 7) is 8.71. The molecule has 5 nitrogen and oxygen atoms in total. The quantitative estimate of drug-likeness (QED) is 0.632. The van der Waals surface area contributed by atoms with Gasteiger partial charge in [-0.1, -0.05) is 55.8 Å². The van der Waals surface area contributed by atoms with Gasteiger partial charge in [0.1, 0.15) is 0 Å². The third kappa shape index (κ3) is 6.17. The Hall–Kier alpha value is -1.66. The minimum Gasteiger partial charge on any atom is -0.343 e. The lowest BCUT2D eigenvalue weighted by atomic mass is 9.70. The average molecular weight is 433 g/mol. The van der Waals surface area contributed by atoms with Crippen LogP contribution in [-0.4, -0.2) is 38.9 Å². The molecule has 30 heavy (non-hydrogen) atoms. The van der Waals surface area contributed by atoms with Crippen molar-refractivity contribution in [2.75, 3.05) is 19.6 Å². The Balaban J connectivity index is 1.63. The lowest BCUT2D eigenvalue weighted by molar-refractivity contribution is -0.131. The van der Waals surface area contributed by atoms with E-state index in [1.165, 1.54) is 5.57 Å². The van der Waals surface area contributed by atoms with Gasteiger partial charge in [-0.05, 0) is 55.4 Å². The van der Waals surface area contributed by atoms with Gasteiger partial charge >= 0.3 is 0 Å². The zero-order valence-electron chi connectivity index (χ0n) is 18.5. The van der Waals surface area contributed by atoms with Crippen LogP contribution in [0.5, 0.6) is 0 Å². The number of nitrogens with one attached hydrogen (secondary N) is 1. The summed E-state index contributed by atoms with van der Waals surface area (Å²) in [6, 6.07) is 9.27. The van der Waals surface area contributed by atoms with E-state index in [4.69, 9.17) is 0 Å². The normalized spacial score (nSPS) is 24.9. The predicted molar refractivity (Wildman–Crippen MR) is 121 cm³/mol. The van der Waals surface area contributed by atoms with Crippen molar-refractivity contribution in [1.29, 1.82) is 0 Å². The summed E-state index contributed by atoms with van der Waals surface area (Å²) in [5.74, 6) is 1.50. The highest BCUT2D eigenvalue weighted by molar-refractivity contribution is 7.88. The van der Waals surface area contributed by atoms with Gasteiger partial charge < -0.3 is 4.90 Å². The second-order valence-electron chi connectivity index (χ2n) is 9.30. The summed E-state index contributed by atoms with van der Waals surface area (Å²) in [5, 5.41) is 0. The summed E-state index contributed by atoms with van der Waals surface area (Å²) in [7, 11) is -3.38. The first kappa shape index (κ1) is 23.0. The fraction of sp³-hybridized carbons (Fsp3) is 0.625. The van der Waals surface area contributed by atoms with Crippen LogP contribution >= 0.6 is 0 Å². The number of rotatable bonds is 8. The van der Waals surface area contributed by atoms with Gasteiger partial charge in [-0.3, -0.25) is 4.79 Å². The predicted octanol–water partition coefficient (Wildman–Crippen LogP) is 3.97. The van der Waals surface area contributed by atoms with E-state index < -0.39 is 10.0 Å². The van der Waals surface area contributed by atoms with E-state index in [9.17, 15) is 13.2 Å². The van der Waals surface area contributed by atoms with E-state index >= 15 is 0 Å². The molecule has 0 spiro atoms. The fourth-order valence-corrected chi connectivity index (χ4v) is 6.06. The largest absolute Gasteiger partial charge is 0.343 e. The van der Waals surface area contributed by atoms with E-state index in [1.807, 2.05) is 35.2 Å². The molecule has 0 radical (unpaired) electrons. The topological polar surface area (TPSA) is 66.5 Å². The van der Waals surface area contributed by atoms with Crippen molar-refractivity contribution in [2.45, 2.75) is 52.2 Å². The molecule has 1 saturated heterocycles. The second-order valence-corrected chi connectivity index (χ2v) is 11.1. The molecule has 1 amide bonds. The lowest BCUT2D eigenvalue weighted by Gasteiger charge is -2.37. The molecule has 0 saturated carbocycles. The second kappa shape index (κ2) is 10.1. The maximum Gasteiger partial charge on any atom is 0.223 e. The summed E-state index contributed by atoms with van der Waals surface area (Å²) in [6.07, 6.45) is 5.99. The number of likely N-dealkylation sites (tertiary alicyclic amines) is 1. The Labute approximate surface area is 182 Å². The van der Waals surface area contributed by atoms with Crippen LogP contribution in [-0.2, 0) is 20.6 Å². The highest BCUT2D eigenvalue weighted by Crippen LogP contribution is 2.39. The van der Waals surface area contributed by atoms with Crippen molar-refractivity contribution in [3.63, 3.8) is 0 Å². The van der Waals surface area contributed by atoms with Crippen LogP contribution in [0.15, 0.2) is 42.0 Å². The smallest absolute Gasteiger partial charge is 0.223 e. The molecule has 1 aliphatic heterocycles. The van der Waals surface area contributed by atoms with Crippen LogP contribution in [0, 0.1) is 23.7 Å². The zero-order valence-corrected chi connectivity index (χ0v) is 19.3. The van der Waals surface area contributed by atoms with Gasteiger partial charge in [-0.25, -0.2) is 13.1 Å². The van der Waals surface area contributed by atoms with Crippen molar-refractivity contribution in [1.82, 2.24) is 9.62 Å². The summed E-state index contributed by atoms with van der Waals surface area (Å²) < 4.78 is 28.0. The monoisotopic (exact) mass is 432 g/mol. The highest BCUT2D eigenvalue weighted by atomic mass is 32.2. The third-order valence-electron chi connectivity index (χ3n) is 6.70. The van der Waals surface area contributed by atoms with Crippen LogP contribution in [0.1, 0.15) is 52.0 Å². The molecule has 2 aliphatic rings. The van der Waals surface area contributed by atoms with Gasteiger partial charge in [-0.15, -0.1) is 0 Å². The Kier molecular flexibility index (Phi) is 7.75. The molecular formula is C24H36N2O3S. The van der Waals surface area contributed by atoms with Crippen LogP contribution in [0.3, 0.4) is 0 Å². The SMILES string of the molecule is CC1=CC(CNS(=O)(=O)Cc2ccccc2)C(C(C)C)CC1CC(=O)N1CCCC1. The number of carbonyl (C=O) groups excluding carboxylic acids is 1. The van der Waals surface area contributed by atoms with Crippen molar-refractivity contribution >= 4 is 15.9 Å². The molecule has 1 fully saturated rings. The van der Waals surface area contributed by atoms with Crippen LogP contribution in [0.2, 0.25) is 0 Å². The number of sulfonamides is 1. The van der Waals surface area contributed by atoms with Gasteiger partial charge in [0.05, 0.1) is 5.75 Å². The first-order valence-corrected chi connectivity index (χ1v) is 12.9. The van der Waals surface area contributed by atoms with Gasteiger partial charge in [0.2, 0.25) is 15.9 Å². The average Bonchev–Trinajstić information content (AvgIpc) is 3.23. The molecule has 1 N–H and O–H groups in total. The number of hydrogen-bond acceptors (Lipinski definition) is 3. The Morgan fingerprint density at radius 1 is 1.17 bits per heavy atom. The van der Waals surface area contributed by atoms with Crippen LogP contribution < -0.4 is 4.72 Å². The van der Waals surface area contributed by atoms with Crippen LogP contribution in [0.4, 0.5) is 0 Å². The van der Waals surface area contributed by atoms with Crippen molar-refractivity contribution in [2.24, 2.45) is 23.7 Å². The Morgan fingerprint density at radius 3 is 2.47 bits per heavy atom. The first-order valence-electron chi connectivity index (χ1n) is 11.2. The van der Waals surface area contributed by atoms with E-state index in [-0.39, 0.29) is 23.5 Å². The fourth-order valence-electron chi connectivity index (χ4n) is 4.88. The molecule has 1 heterocycles. The summed E-state index contributed by atoms with van der Waals surface area (Å²) in [5.41, 5.74) is 2.02. The Bertz CT molecular complexity index is 842. The van der Waals surface area contributed by atoms with Gasteiger partial charge in [0.15, 0.2) is 0 Å². The van der Waals surface area contributed by atoms with Gasteiger partial charge in [-0.2, -0.15) is 0 Å². The maximum atomic E-state index is 12.7. The minimum atomic E-state index is -3.38. The van der Waals surface area contributed by atoms with Gasteiger partial charge in [0.25, 0.3) is 0 Å². The van der Waals surface area contributed by atoms with E-state index in [1.54, 1.807) is 0 Å². The van der Waals surface area contributed by atoms with Crippen molar-refractivity contribution < 1.29 is 13.2 Å². The molecule has 3 unspecified atom stereocenters. The standard InChI is InChI=1S/C24H36N2O3S/c1-18(2)23-14-21(15-24(27)26-11-7-8-12-26)19(3)13-22(23)16-25-30(28,29)17-20-9-5-4-6-10-20/h4-6,9-10,13,18,21-23,25H,7-8,11-12,14-17H2,1-3H3. The zero-order chi connectivity index (χ0) is 21.7.